The third-order valence-corrected chi connectivity index (χ3v) is 2.17. The molecule has 0 saturated carbocycles. The van der Waals surface area contributed by atoms with E-state index in [1.165, 1.54) is 0 Å². The molecule has 3 nitrogen and oxygen atoms in total. The zero-order chi connectivity index (χ0) is 20.2. The van der Waals surface area contributed by atoms with Gasteiger partial charge in [0.2, 0.25) is 0 Å². The fraction of sp³-hybridized carbons (Fsp3) is 0.857. The van der Waals surface area contributed by atoms with Crippen molar-refractivity contribution in [2.45, 2.75) is 36.4 Å². The van der Waals surface area contributed by atoms with Crippen molar-refractivity contribution in [2.75, 3.05) is 0 Å². The fourth-order valence-electron chi connectivity index (χ4n) is 1.05. The van der Waals surface area contributed by atoms with Gasteiger partial charge in [-0.3, -0.25) is 0 Å². The van der Waals surface area contributed by atoms with Crippen molar-refractivity contribution in [1.82, 2.24) is 4.90 Å². The van der Waals surface area contributed by atoms with Crippen LogP contribution in [0.4, 0.5) is 61.5 Å². The Hall–Kier alpha value is -0.550. The number of hydrogen-bond acceptors (Lipinski definition) is 2. The molecule has 145 valence electrons. The molecule has 0 aromatic carbocycles. The summed E-state index contributed by atoms with van der Waals surface area (Å²) in [6, 6.07) is -23.6. The third kappa shape index (κ3) is 4.24. The summed E-state index contributed by atoms with van der Waals surface area (Å²) in [7, 11) is 0. The van der Waals surface area contributed by atoms with Crippen LogP contribution in [0.2, 0.25) is 0 Å². The summed E-state index contributed by atoms with van der Waals surface area (Å²) < 4.78 is 174. The maximum atomic E-state index is 13.0. The largest absolute Gasteiger partial charge is 0.477 e. The van der Waals surface area contributed by atoms with Crippen LogP contribution in [0.3, 0.4) is 0 Å². The zero-order valence-electron chi connectivity index (χ0n) is 11.1. The second-order valence-electron chi connectivity index (χ2n) is 3.83. The van der Waals surface area contributed by atoms with Gasteiger partial charge in [0, 0.05) is 29.6 Å². The van der Waals surface area contributed by atoms with Crippen LogP contribution in [0.1, 0.15) is 0 Å². The summed E-state index contributed by atoms with van der Waals surface area (Å²) in [4.78, 5) is 5.29. The topological polar surface area (TPSA) is 40.5 Å². The van der Waals surface area contributed by atoms with E-state index in [9.17, 15) is 66.3 Å². The van der Waals surface area contributed by atoms with Crippen molar-refractivity contribution in [3.05, 3.63) is 0 Å². The first-order valence-corrected chi connectivity index (χ1v) is 4.74. The van der Waals surface area contributed by atoms with Crippen LogP contribution < -0.4 is 0 Å². The maximum absolute atomic E-state index is 13.0. The molecule has 1 N–H and O–H groups in total. The van der Waals surface area contributed by atoms with Crippen LogP contribution >= 0.6 is 0 Å². The smallest absolute Gasteiger partial charge is 0.469 e. The molecule has 25 heavy (non-hydrogen) atoms. The number of hydrogen-bond donors (Lipinski definition) is 1. The van der Waals surface area contributed by atoms with E-state index in [1.807, 2.05) is 0 Å². The molecule has 0 aliphatic rings. The maximum Gasteiger partial charge on any atom is 0.469 e. The molecule has 0 saturated heterocycles. The summed E-state index contributed by atoms with van der Waals surface area (Å²) in [6.45, 7) is 0. The molecule has 18 heteroatoms. The van der Waals surface area contributed by atoms with E-state index in [2.05, 4.69) is 0 Å². The van der Waals surface area contributed by atoms with Gasteiger partial charge in [0.1, 0.15) is 0 Å². The Morgan fingerprint density at radius 2 is 0.840 bits per heavy atom. The van der Waals surface area contributed by atoms with Gasteiger partial charge in [0.25, 0.3) is 0 Å². The number of alkyl halides is 14. The molecule has 0 unspecified atom stereocenters. The summed E-state index contributed by atoms with van der Waals surface area (Å²) >= 11 is 0. The van der Waals surface area contributed by atoms with E-state index < -0.39 is 47.3 Å². The van der Waals surface area contributed by atoms with E-state index in [-0.39, 0.29) is 29.6 Å². The van der Waals surface area contributed by atoms with Gasteiger partial charge in [-0.1, -0.05) is 4.90 Å². The van der Waals surface area contributed by atoms with E-state index >= 15 is 0 Å². The normalized spacial score (nSPS) is 15.2. The van der Waals surface area contributed by atoms with E-state index in [0.717, 1.165) is 0 Å². The average Bonchev–Trinajstić information content (AvgIpc) is 2.23. The second-order valence-corrected chi connectivity index (χ2v) is 3.83. The van der Waals surface area contributed by atoms with Gasteiger partial charge in [0.15, 0.2) is 0 Å². The minimum absolute atomic E-state index is 0. The number of halogens is 14. The summed E-state index contributed by atoms with van der Waals surface area (Å²) in [5.74, 6) is -11.4. The molecule has 0 aliphatic carbocycles. The summed E-state index contributed by atoms with van der Waals surface area (Å²) in [5.41, 5.74) is 0. The van der Waals surface area contributed by atoms with Crippen LogP contribution in [0.5, 0.6) is 0 Å². The van der Waals surface area contributed by atoms with Gasteiger partial charge in [0.05, 0.1) is 0 Å². The molecule has 0 bridgehead atoms. The number of carboxylic acids is 1. The number of nitrogens with zero attached hydrogens (tertiary/aromatic N) is 1. The Bertz CT molecular complexity index is 470. The molecule has 0 heterocycles. The van der Waals surface area contributed by atoms with E-state index in [1.54, 1.807) is 0 Å². The monoisotopic (exact) mass is 420 g/mol. The zero-order valence-corrected chi connectivity index (χ0v) is 13.1. The molecule has 0 amide bonds. The third-order valence-electron chi connectivity index (χ3n) is 2.17. The molecule has 0 aliphatic heterocycles. The van der Waals surface area contributed by atoms with Crippen LogP contribution in [0, 0.1) is 0 Å². The van der Waals surface area contributed by atoms with Crippen molar-refractivity contribution in [2.24, 2.45) is 0 Å². The molecule has 0 rings (SSSR count). The molecule has 0 aromatic rings. The Balaban J connectivity index is 0. The predicted octanol–water partition coefficient (Wildman–Crippen LogP) is 3.53. The first kappa shape index (κ1) is 26.7. The minimum Gasteiger partial charge on any atom is -0.477 e. The number of rotatable bonds is 5. The SMILES string of the molecule is O=C(O)C(F)(F)C(F)(F)N(C(F)(F)C(F)(F)F)C(F)(F)C(F)(F)F.[Na]. The Morgan fingerprint density at radius 3 is 1.00 bits per heavy atom. The Labute approximate surface area is 148 Å². The Morgan fingerprint density at radius 1 is 0.600 bits per heavy atom. The van der Waals surface area contributed by atoms with Crippen molar-refractivity contribution >= 4 is 35.5 Å². The first-order valence-electron chi connectivity index (χ1n) is 4.74. The number of carboxylic acid groups (broad SMARTS) is 1. The van der Waals surface area contributed by atoms with Gasteiger partial charge in [-0.2, -0.15) is 61.5 Å². The van der Waals surface area contributed by atoms with Gasteiger partial charge in [-0.15, -0.1) is 0 Å². The average molecular weight is 420 g/mol. The minimum atomic E-state index is -7.91. The van der Waals surface area contributed by atoms with Gasteiger partial charge < -0.3 is 5.11 Å². The molecule has 0 fully saturated rings. The molecular formula is C7HF14NNaO2. The molecule has 1 radical (unpaired) electrons. The summed E-state index contributed by atoms with van der Waals surface area (Å²) in [6.07, 6.45) is -15.3. The van der Waals surface area contributed by atoms with E-state index in [4.69, 9.17) is 5.11 Å². The molecule has 0 spiro atoms. The van der Waals surface area contributed by atoms with Crippen molar-refractivity contribution in [1.29, 1.82) is 0 Å². The molecule has 0 aromatic heterocycles. The summed E-state index contributed by atoms with van der Waals surface area (Å²) in [5, 5.41) is 7.65. The first-order chi connectivity index (χ1) is 10.1. The Kier molecular flexibility index (Phi) is 7.34. The number of aliphatic carboxylic acids is 1. The standard InChI is InChI=1S/C7HF14NO2.Na/c8-2(9,1(23)24)5(16,17)22(6(18,19)3(10,11)12)7(20,21)4(13,14)15;/h(H,23,24);. The predicted molar refractivity (Wildman–Crippen MR) is 47.1 cm³/mol. The number of carbonyl (C=O) groups is 1. The van der Waals surface area contributed by atoms with Crippen LogP contribution in [0.15, 0.2) is 0 Å². The second kappa shape index (κ2) is 6.88. The van der Waals surface area contributed by atoms with Gasteiger partial charge >= 0.3 is 42.4 Å². The van der Waals surface area contributed by atoms with Crippen LogP contribution in [-0.2, 0) is 4.79 Å². The molecular weight excluding hydrogens is 419 g/mol. The fourth-order valence-corrected chi connectivity index (χ4v) is 1.05. The molecule has 0 atom stereocenters. The van der Waals surface area contributed by atoms with E-state index in [0.29, 0.717) is 0 Å². The van der Waals surface area contributed by atoms with Crippen molar-refractivity contribution in [3.8, 4) is 0 Å². The van der Waals surface area contributed by atoms with Gasteiger partial charge in [-0.25, -0.2) is 4.79 Å². The van der Waals surface area contributed by atoms with Crippen molar-refractivity contribution < 1.29 is 71.4 Å². The van der Waals surface area contributed by atoms with Crippen molar-refractivity contribution in [3.63, 3.8) is 0 Å². The van der Waals surface area contributed by atoms with Gasteiger partial charge in [-0.05, 0) is 0 Å². The quantitative estimate of drug-likeness (QED) is 0.421. The van der Waals surface area contributed by atoms with Crippen LogP contribution in [-0.4, -0.2) is 81.9 Å². The van der Waals surface area contributed by atoms with Crippen LogP contribution in [0.25, 0.3) is 0 Å².